The first kappa shape index (κ1) is 43.7. The summed E-state index contributed by atoms with van der Waals surface area (Å²) in [6.07, 6.45) is 12.5. The molecule has 2 aliphatic heterocycles. The van der Waals surface area contributed by atoms with Crippen LogP contribution in [-0.4, -0.2) is 97.5 Å². The van der Waals surface area contributed by atoms with E-state index in [0.717, 1.165) is 55.1 Å². The third-order valence-corrected chi connectivity index (χ3v) is 13.5. The third kappa shape index (κ3) is 11.2. The topological polar surface area (TPSA) is 237 Å². The fourth-order valence-corrected chi connectivity index (χ4v) is 10.0. The predicted molar refractivity (Wildman–Crippen MR) is 225 cm³/mol. The number of hydroxylamine groups is 2. The van der Waals surface area contributed by atoms with Crippen LogP contribution in [0.15, 0.2) is 107 Å². The monoisotopic (exact) mass is 857 g/mol. The van der Waals surface area contributed by atoms with Crippen LogP contribution in [0.5, 0.6) is 0 Å². The molecule has 0 radical (unpaired) electrons. The van der Waals surface area contributed by atoms with E-state index in [0.29, 0.717) is 36.4 Å². The van der Waals surface area contributed by atoms with Crippen molar-refractivity contribution >= 4 is 60.4 Å². The molecule has 2 aliphatic rings. The van der Waals surface area contributed by atoms with Crippen LogP contribution >= 0.6 is 0 Å². The number of sulfone groups is 1. The molecule has 2 saturated heterocycles. The fraction of sp³-hybridized carbons (Fsp3) is 0.317. The first-order chi connectivity index (χ1) is 28.9. The normalized spacial score (nSPS) is 17.2. The number of fused-ring (bicyclic) bond motifs is 1. The summed E-state index contributed by atoms with van der Waals surface area (Å²) in [5.41, 5.74) is 4.22. The van der Waals surface area contributed by atoms with Crippen molar-refractivity contribution in [3.05, 3.63) is 114 Å². The number of hydrogen-bond donors (Lipinski definition) is 5. The van der Waals surface area contributed by atoms with E-state index in [1.807, 2.05) is 65.3 Å². The molecule has 0 aliphatic carbocycles. The zero-order valence-electron chi connectivity index (χ0n) is 32.9. The van der Waals surface area contributed by atoms with E-state index in [1.165, 1.54) is 24.8 Å². The molecule has 4 heterocycles. The van der Waals surface area contributed by atoms with Gasteiger partial charge in [-0.25, -0.2) is 52.5 Å². The van der Waals surface area contributed by atoms with E-state index in [9.17, 15) is 26.4 Å². The summed E-state index contributed by atoms with van der Waals surface area (Å²) in [7, 11) is -7.03. The lowest BCUT2D eigenvalue weighted by Gasteiger charge is -2.32. The predicted octanol–water partition coefficient (Wildman–Crippen LogP) is 4.26. The molecule has 5 N–H and O–H groups in total. The molecule has 0 bridgehead atoms. The van der Waals surface area contributed by atoms with Crippen molar-refractivity contribution in [1.29, 1.82) is 0 Å². The second-order valence-corrected chi connectivity index (χ2v) is 18.3. The summed E-state index contributed by atoms with van der Waals surface area (Å²) in [5.74, 6) is -0.318. The average molecular weight is 858 g/mol. The number of carbonyl (C=O) groups excluding carboxylic acids is 2. The number of hydrogen-bond acceptors (Lipinski definition) is 14. The third-order valence-electron chi connectivity index (χ3n) is 10.2. The SMILES string of the molecule is C/C=C\c1cccc(S(=O)(=O)NCC2CCCN(c3ncc(C(=O)NO)cn3)C2)c1.O=C(NO)c1cnc(N2CCCC(CS(=O)(=O)c3ccc4ccccc4c3)C2)nc1. The fourth-order valence-electron chi connectivity index (χ4n) is 7.18. The van der Waals surface area contributed by atoms with Crippen molar-refractivity contribution in [1.82, 2.24) is 35.6 Å². The summed E-state index contributed by atoms with van der Waals surface area (Å²) < 4.78 is 54.1. The first-order valence-electron chi connectivity index (χ1n) is 19.4. The minimum Gasteiger partial charge on any atom is -0.341 e. The minimum absolute atomic E-state index is 0.0424. The Morgan fingerprint density at radius 2 is 1.28 bits per heavy atom. The highest BCUT2D eigenvalue weighted by atomic mass is 32.2. The Hall–Kier alpha value is -5.86. The maximum absolute atomic E-state index is 13.0. The molecule has 19 heteroatoms. The van der Waals surface area contributed by atoms with Crippen LogP contribution in [-0.2, 0) is 19.9 Å². The van der Waals surface area contributed by atoms with Crippen LogP contribution < -0.4 is 25.5 Å². The molecule has 2 amide bonds. The second kappa shape index (κ2) is 19.9. The first-order valence-corrected chi connectivity index (χ1v) is 22.5. The largest absolute Gasteiger partial charge is 0.341 e. The van der Waals surface area contributed by atoms with Crippen molar-refractivity contribution in [2.24, 2.45) is 11.8 Å². The molecule has 60 heavy (non-hydrogen) atoms. The molecule has 2 aromatic heterocycles. The van der Waals surface area contributed by atoms with Crippen LogP contribution in [0.4, 0.5) is 11.9 Å². The molecule has 0 saturated carbocycles. The summed E-state index contributed by atoms with van der Waals surface area (Å²) in [6, 6.07) is 19.8. The zero-order chi connectivity index (χ0) is 42.7. The Morgan fingerprint density at radius 3 is 1.87 bits per heavy atom. The maximum Gasteiger partial charge on any atom is 0.277 e. The van der Waals surface area contributed by atoms with Gasteiger partial charge in [0.15, 0.2) is 9.84 Å². The summed E-state index contributed by atoms with van der Waals surface area (Å²) in [5, 5.41) is 19.3. The number of allylic oxidation sites excluding steroid dienone is 1. The van der Waals surface area contributed by atoms with Gasteiger partial charge >= 0.3 is 0 Å². The Kier molecular flexibility index (Phi) is 14.5. The van der Waals surface area contributed by atoms with Crippen LogP contribution in [0.3, 0.4) is 0 Å². The zero-order valence-corrected chi connectivity index (χ0v) is 34.5. The molecule has 0 spiro atoms. The Balaban J connectivity index is 0.000000201. The van der Waals surface area contributed by atoms with Gasteiger partial charge in [-0.15, -0.1) is 0 Å². The smallest absolute Gasteiger partial charge is 0.277 e. The highest BCUT2D eigenvalue weighted by molar-refractivity contribution is 7.91. The number of piperidine rings is 2. The number of benzene rings is 3. The van der Waals surface area contributed by atoms with Crippen LogP contribution in [0.1, 0.15) is 58.9 Å². The van der Waals surface area contributed by atoms with Gasteiger partial charge in [-0.2, -0.15) is 0 Å². The van der Waals surface area contributed by atoms with Crippen LogP contribution in [0.25, 0.3) is 16.8 Å². The number of nitrogens with one attached hydrogen (secondary N) is 3. The lowest BCUT2D eigenvalue weighted by molar-refractivity contribution is 0.0701. The Bertz CT molecular complexity index is 2520. The van der Waals surface area contributed by atoms with E-state index < -0.39 is 31.7 Å². The molecule has 316 valence electrons. The second-order valence-electron chi connectivity index (χ2n) is 14.5. The van der Waals surface area contributed by atoms with Gasteiger partial charge < -0.3 is 9.80 Å². The quantitative estimate of drug-likeness (QED) is 0.0871. The van der Waals surface area contributed by atoms with E-state index in [4.69, 9.17) is 10.4 Å². The number of amides is 2. The van der Waals surface area contributed by atoms with E-state index in [-0.39, 0.29) is 33.6 Å². The number of sulfonamides is 1. The van der Waals surface area contributed by atoms with Gasteiger partial charge in [-0.3, -0.25) is 20.0 Å². The maximum atomic E-state index is 13.0. The molecular weight excluding hydrogens is 811 g/mol. The van der Waals surface area contributed by atoms with Crippen molar-refractivity contribution in [3.63, 3.8) is 0 Å². The molecule has 2 fully saturated rings. The number of anilines is 2. The molecule has 2 atom stereocenters. The number of carbonyl (C=O) groups is 2. The van der Waals surface area contributed by atoms with Crippen LogP contribution in [0, 0.1) is 11.8 Å². The van der Waals surface area contributed by atoms with Gasteiger partial charge in [0.1, 0.15) is 0 Å². The van der Waals surface area contributed by atoms with Crippen molar-refractivity contribution in [3.8, 4) is 0 Å². The van der Waals surface area contributed by atoms with Crippen molar-refractivity contribution < 1.29 is 36.8 Å². The number of aromatic nitrogens is 4. The molecule has 7 rings (SSSR count). The lowest BCUT2D eigenvalue weighted by atomic mass is 9.99. The van der Waals surface area contributed by atoms with Crippen molar-refractivity contribution in [2.75, 3.05) is 48.3 Å². The molecule has 2 unspecified atom stereocenters. The van der Waals surface area contributed by atoms with Crippen molar-refractivity contribution in [2.45, 2.75) is 42.4 Å². The standard InChI is InChI=1S/C21H22N4O4S.C20H25N5O4S/c26-20(24-27)18-11-22-21(23-12-18)25-9-3-4-15(13-25)14-30(28,29)19-8-7-16-5-1-2-6-17(16)10-19;1-2-5-15-6-3-8-18(10-15)30(28,29)23-11-16-7-4-9-25(14-16)20-21-12-17(13-22-20)19(26)24-27/h1-2,5-8,10-12,15,27H,3-4,9,13-14H2,(H,24,26);2-3,5-6,8,10,12-13,16,23,27H,4,7,9,11,14H2,1H3,(H,24,26)/b;5-2-. The molecule has 17 nitrogen and oxygen atoms in total. The van der Waals surface area contributed by atoms with Crippen LogP contribution in [0.2, 0.25) is 0 Å². The van der Waals surface area contributed by atoms with Gasteiger partial charge in [-0.1, -0.05) is 54.6 Å². The summed E-state index contributed by atoms with van der Waals surface area (Å²) in [4.78, 5) is 44.0. The molecule has 5 aromatic rings. The van der Waals surface area contributed by atoms with Gasteiger partial charge in [0.05, 0.1) is 26.7 Å². The molecule has 3 aromatic carbocycles. The average Bonchev–Trinajstić information content (AvgIpc) is 3.28. The summed E-state index contributed by atoms with van der Waals surface area (Å²) >= 11 is 0. The van der Waals surface area contributed by atoms with E-state index in [1.54, 1.807) is 41.3 Å². The van der Waals surface area contributed by atoms with Gasteiger partial charge in [0.25, 0.3) is 11.8 Å². The van der Waals surface area contributed by atoms with Gasteiger partial charge in [0, 0.05) is 57.5 Å². The Morgan fingerprint density at radius 1 is 0.717 bits per heavy atom. The minimum atomic E-state index is -3.60. The number of nitrogens with zero attached hydrogens (tertiary/aromatic N) is 6. The molecular formula is C41H47N9O8S2. The summed E-state index contributed by atoms with van der Waals surface area (Å²) in [6.45, 7) is 4.80. The number of rotatable bonds is 12. The highest BCUT2D eigenvalue weighted by Crippen LogP contribution is 2.26. The van der Waals surface area contributed by atoms with E-state index in [2.05, 4.69) is 24.7 Å². The lowest BCUT2D eigenvalue weighted by Crippen LogP contribution is -2.41. The van der Waals surface area contributed by atoms with Gasteiger partial charge in [0.2, 0.25) is 21.9 Å². The Labute approximate surface area is 348 Å². The van der Waals surface area contributed by atoms with Gasteiger partial charge in [-0.05, 0) is 85.0 Å². The highest BCUT2D eigenvalue weighted by Gasteiger charge is 2.28. The van der Waals surface area contributed by atoms with E-state index >= 15 is 0 Å².